The summed E-state index contributed by atoms with van der Waals surface area (Å²) in [5.41, 5.74) is 10.6. The molecule has 0 spiro atoms. The number of hydrogen-bond acceptors (Lipinski definition) is 1. The average Bonchev–Trinajstić information content (AvgIpc) is 3.09. The fraction of sp³-hybridized carbons (Fsp3) is 0.429. The fourth-order valence-electron chi connectivity index (χ4n) is 6.19. The molecule has 3 fully saturated rings. The third-order valence-electron chi connectivity index (χ3n) is 7.74. The molecule has 2 saturated carbocycles. The normalized spacial score (nSPS) is 30.1. The number of hydrogen-bond donors (Lipinski definition) is 0. The molecule has 2 heteroatoms. The molecule has 1 aromatic rings. The quantitative estimate of drug-likeness (QED) is 0.365. The summed E-state index contributed by atoms with van der Waals surface area (Å²) in [5, 5.41) is 0. The number of benzene rings is 1. The van der Waals surface area contributed by atoms with Crippen LogP contribution < -0.4 is 0 Å². The Morgan fingerprint density at radius 1 is 1.03 bits per heavy atom. The van der Waals surface area contributed by atoms with Gasteiger partial charge in [-0.15, -0.1) is 5.73 Å². The second-order valence-corrected chi connectivity index (χ2v) is 9.87. The van der Waals surface area contributed by atoms with Gasteiger partial charge in [-0.1, -0.05) is 75.3 Å². The van der Waals surface area contributed by atoms with Gasteiger partial charge in [-0.3, -0.25) is 0 Å². The van der Waals surface area contributed by atoms with E-state index in [4.69, 9.17) is 12.2 Å². The lowest BCUT2D eigenvalue weighted by molar-refractivity contribution is 0.119. The molecule has 3 unspecified atom stereocenters. The van der Waals surface area contributed by atoms with Crippen LogP contribution in [0.25, 0.3) is 11.6 Å². The first-order valence-electron chi connectivity index (χ1n) is 11.6. The minimum atomic E-state index is 0.516. The smallest absolute Gasteiger partial charge is 0.0877 e. The van der Waals surface area contributed by atoms with Crippen molar-refractivity contribution in [1.29, 1.82) is 0 Å². The minimum absolute atomic E-state index is 0.516. The third kappa shape index (κ3) is 3.47. The standard InChI is InChI=1S/C28H31NS/c1-3-27-23(17-24-16-22-10-6-7-11-26(22)19(24)2)13-15-28(30)29(27)25-14-12-20-8-4-5-9-21(20)18-25/h6-7,10-11,16-17,20-21,25H,1-2,4-5,8-9,12-15,18H2/b23-17+. The highest BCUT2D eigenvalue weighted by Crippen LogP contribution is 2.45. The topological polar surface area (TPSA) is 3.24 Å². The van der Waals surface area contributed by atoms with Crippen molar-refractivity contribution in [2.75, 3.05) is 0 Å². The third-order valence-corrected chi connectivity index (χ3v) is 8.14. The summed E-state index contributed by atoms with van der Waals surface area (Å²) in [6.45, 7) is 8.45. The van der Waals surface area contributed by atoms with E-state index < -0.39 is 0 Å². The maximum absolute atomic E-state index is 5.89. The van der Waals surface area contributed by atoms with Crippen molar-refractivity contribution in [3.8, 4) is 0 Å². The summed E-state index contributed by atoms with van der Waals surface area (Å²) in [6.07, 6.45) is 16.1. The van der Waals surface area contributed by atoms with Gasteiger partial charge in [-0.2, -0.15) is 0 Å². The van der Waals surface area contributed by atoms with Crippen LogP contribution >= 0.6 is 12.2 Å². The Morgan fingerprint density at radius 2 is 1.83 bits per heavy atom. The van der Waals surface area contributed by atoms with E-state index in [1.807, 2.05) is 0 Å². The summed E-state index contributed by atoms with van der Waals surface area (Å²) in [6, 6.07) is 9.03. The lowest BCUT2D eigenvalue weighted by Gasteiger charge is -2.46. The van der Waals surface area contributed by atoms with Crippen LogP contribution in [0.15, 0.2) is 66.1 Å². The van der Waals surface area contributed by atoms with E-state index >= 15 is 0 Å². The summed E-state index contributed by atoms with van der Waals surface area (Å²) in [7, 11) is 0. The van der Waals surface area contributed by atoms with Crippen LogP contribution in [0.4, 0.5) is 0 Å². The molecular formula is C28H31NS. The molecule has 30 heavy (non-hydrogen) atoms. The first-order chi connectivity index (χ1) is 14.7. The summed E-state index contributed by atoms with van der Waals surface area (Å²) >= 11 is 5.89. The SMILES string of the molecule is C=C=C1/C(=C/C2=Cc3ccccc3C2=C)CCC(=S)N1C1CCC2CCCCC2C1. The van der Waals surface area contributed by atoms with Crippen LogP contribution in [0.2, 0.25) is 0 Å². The molecule has 3 aliphatic carbocycles. The van der Waals surface area contributed by atoms with E-state index in [0.29, 0.717) is 6.04 Å². The lowest BCUT2D eigenvalue weighted by atomic mass is 9.69. The largest absolute Gasteiger partial charge is 0.326 e. The average molecular weight is 414 g/mol. The molecule has 1 nitrogen and oxygen atoms in total. The van der Waals surface area contributed by atoms with Crippen molar-refractivity contribution >= 4 is 28.9 Å². The molecule has 1 aromatic carbocycles. The van der Waals surface area contributed by atoms with Gasteiger partial charge in [0.05, 0.1) is 10.7 Å². The highest BCUT2D eigenvalue weighted by atomic mass is 32.1. The minimum Gasteiger partial charge on any atom is -0.326 e. The van der Waals surface area contributed by atoms with Gasteiger partial charge in [0.2, 0.25) is 0 Å². The van der Waals surface area contributed by atoms with Crippen molar-refractivity contribution in [3.05, 3.63) is 77.2 Å². The van der Waals surface area contributed by atoms with Gasteiger partial charge >= 0.3 is 0 Å². The fourth-order valence-corrected chi connectivity index (χ4v) is 6.54. The molecule has 0 bridgehead atoms. The molecule has 0 N–H and O–H groups in total. The van der Waals surface area contributed by atoms with Crippen LogP contribution in [-0.2, 0) is 0 Å². The van der Waals surface area contributed by atoms with Gasteiger partial charge in [-0.05, 0) is 77.5 Å². The second kappa shape index (κ2) is 8.17. The maximum atomic E-state index is 5.89. The summed E-state index contributed by atoms with van der Waals surface area (Å²) in [4.78, 5) is 3.52. The highest BCUT2D eigenvalue weighted by Gasteiger charge is 2.38. The Hall–Kier alpha value is -2.15. The van der Waals surface area contributed by atoms with Crippen molar-refractivity contribution < 1.29 is 0 Å². The van der Waals surface area contributed by atoms with E-state index in [2.05, 4.69) is 60.2 Å². The number of rotatable bonds is 2. The van der Waals surface area contributed by atoms with Crippen molar-refractivity contribution in [2.45, 2.75) is 63.8 Å². The molecule has 4 aliphatic rings. The molecule has 0 amide bonds. The number of piperidine rings is 1. The molecule has 154 valence electrons. The molecule has 1 aliphatic heterocycles. The maximum Gasteiger partial charge on any atom is 0.0877 e. The molecule has 0 aromatic heterocycles. The van der Waals surface area contributed by atoms with E-state index in [9.17, 15) is 0 Å². The number of likely N-dealkylation sites (tertiary alicyclic amines) is 1. The molecule has 3 atom stereocenters. The van der Waals surface area contributed by atoms with Crippen molar-refractivity contribution in [2.24, 2.45) is 11.8 Å². The zero-order valence-corrected chi connectivity index (χ0v) is 18.6. The van der Waals surface area contributed by atoms with Gasteiger partial charge in [0, 0.05) is 12.5 Å². The van der Waals surface area contributed by atoms with Crippen LogP contribution in [0, 0.1) is 11.8 Å². The van der Waals surface area contributed by atoms with Gasteiger partial charge in [0.15, 0.2) is 0 Å². The lowest BCUT2D eigenvalue weighted by Crippen LogP contribution is -2.45. The summed E-state index contributed by atoms with van der Waals surface area (Å²) < 4.78 is 0. The predicted octanol–water partition coefficient (Wildman–Crippen LogP) is 7.47. The first kappa shape index (κ1) is 19.8. The summed E-state index contributed by atoms with van der Waals surface area (Å²) in [5.74, 6) is 1.83. The second-order valence-electron chi connectivity index (χ2n) is 9.40. The van der Waals surface area contributed by atoms with E-state index in [1.54, 1.807) is 0 Å². The number of allylic oxidation sites excluding steroid dienone is 4. The van der Waals surface area contributed by atoms with Crippen LogP contribution in [-0.4, -0.2) is 15.9 Å². The number of thiocarbonyl (C=S) groups is 1. The van der Waals surface area contributed by atoms with E-state index in [-0.39, 0.29) is 0 Å². The molecule has 1 heterocycles. The molecular weight excluding hydrogens is 382 g/mol. The predicted molar refractivity (Wildman–Crippen MR) is 131 cm³/mol. The van der Waals surface area contributed by atoms with Crippen LogP contribution in [0.3, 0.4) is 0 Å². The van der Waals surface area contributed by atoms with Gasteiger partial charge in [0.1, 0.15) is 0 Å². The van der Waals surface area contributed by atoms with Gasteiger partial charge in [-0.25, -0.2) is 0 Å². The first-order valence-corrected chi connectivity index (χ1v) is 12.0. The van der Waals surface area contributed by atoms with Crippen LogP contribution in [0.1, 0.15) is 68.9 Å². The van der Waals surface area contributed by atoms with Gasteiger partial charge < -0.3 is 4.90 Å². The van der Waals surface area contributed by atoms with E-state index in [1.165, 1.54) is 67.2 Å². The number of nitrogens with zero attached hydrogens (tertiary/aromatic N) is 1. The molecule has 1 saturated heterocycles. The van der Waals surface area contributed by atoms with Gasteiger partial charge in [0.25, 0.3) is 0 Å². The monoisotopic (exact) mass is 413 g/mol. The Kier molecular flexibility index (Phi) is 5.39. The van der Waals surface area contributed by atoms with Crippen LogP contribution in [0.5, 0.6) is 0 Å². The molecule has 5 rings (SSSR count). The Labute approximate surface area is 186 Å². The van der Waals surface area contributed by atoms with E-state index in [0.717, 1.165) is 40.9 Å². The number of fused-ring (bicyclic) bond motifs is 2. The Balaban J connectivity index is 1.42. The Bertz CT molecular complexity index is 1000. The highest BCUT2D eigenvalue weighted by molar-refractivity contribution is 7.80. The van der Waals surface area contributed by atoms with Crippen molar-refractivity contribution in [3.63, 3.8) is 0 Å². The molecule has 0 radical (unpaired) electrons. The zero-order chi connectivity index (χ0) is 20.7. The zero-order valence-electron chi connectivity index (χ0n) is 17.8. The Morgan fingerprint density at radius 3 is 2.63 bits per heavy atom. The van der Waals surface area contributed by atoms with Crippen molar-refractivity contribution in [1.82, 2.24) is 4.90 Å².